The first-order chi connectivity index (χ1) is 9.06. The summed E-state index contributed by atoms with van der Waals surface area (Å²) in [6, 6.07) is 5.86. The monoisotopic (exact) mass is 261 g/mol. The molecule has 0 saturated carbocycles. The van der Waals surface area contributed by atoms with Crippen LogP contribution in [-0.4, -0.2) is 33.5 Å². The Hall–Kier alpha value is -2.37. The normalized spacial score (nSPS) is 10.6. The van der Waals surface area contributed by atoms with Crippen molar-refractivity contribution in [3.05, 3.63) is 29.6 Å². The largest absolute Gasteiger partial charge is 0.480 e. The van der Waals surface area contributed by atoms with Crippen molar-refractivity contribution in [2.24, 2.45) is 0 Å². The van der Waals surface area contributed by atoms with Gasteiger partial charge in [0.2, 0.25) is 5.91 Å². The molecule has 2 aromatic rings. The van der Waals surface area contributed by atoms with Crippen molar-refractivity contribution in [1.29, 1.82) is 0 Å². The van der Waals surface area contributed by atoms with Crippen LogP contribution in [-0.2, 0) is 16.0 Å². The summed E-state index contributed by atoms with van der Waals surface area (Å²) in [4.78, 5) is 29.3. The van der Waals surface area contributed by atoms with E-state index >= 15 is 0 Å². The Labute approximate surface area is 109 Å². The van der Waals surface area contributed by atoms with Crippen LogP contribution < -0.4 is 5.32 Å². The molecule has 0 saturated heterocycles. The second-order valence-electron chi connectivity index (χ2n) is 4.33. The number of aliphatic carboxylic acids is 1. The number of nitrogens with one attached hydrogen (secondary N) is 2. The summed E-state index contributed by atoms with van der Waals surface area (Å²) in [6.45, 7) is 1.63. The Bertz CT molecular complexity index is 619. The SMILES string of the molecule is Cc1cccc2[nH]c(CCC(=O)NCC(=O)O)nc12. The van der Waals surface area contributed by atoms with Crippen LogP contribution in [0.5, 0.6) is 0 Å². The van der Waals surface area contributed by atoms with Crippen LogP contribution in [0.2, 0.25) is 0 Å². The second kappa shape index (κ2) is 5.51. The molecular formula is C13H15N3O3. The molecule has 0 aliphatic rings. The highest BCUT2D eigenvalue weighted by Crippen LogP contribution is 2.15. The Kier molecular flexibility index (Phi) is 3.79. The number of carboxylic acids is 1. The highest BCUT2D eigenvalue weighted by atomic mass is 16.4. The first-order valence-electron chi connectivity index (χ1n) is 5.99. The maximum atomic E-state index is 11.4. The van der Waals surface area contributed by atoms with Gasteiger partial charge in [-0.1, -0.05) is 12.1 Å². The zero-order valence-electron chi connectivity index (χ0n) is 10.6. The molecule has 6 heteroatoms. The van der Waals surface area contributed by atoms with Crippen LogP contribution in [0.15, 0.2) is 18.2 Å². The number of benzene rings is 1. The van der Waals surface area contributed by atoms with E-state index in [1.807, 2.05) is 25.1 Å². The van der Waals surface area contributed by atoms with Gasteiger partial charge >= 0.3 is 5.97 Å². The van der Waals surface area contributed by atoms with Crippen LogP contribution >= 0.6 is 0 Å². The van der Waals surface area contributed by atoms with Gasteiger partial charge in [0.1, 0.15) is 12.4 Å². The average Bonchev–Trinajstić information content (AvgIpc) is 2.78. The zero-order chi connectivity index (χ0) is 13.8. The molecule has 6 nitrogen and oxygen atoms in total. The van der Waals surface area contributed by atoms with Crippen molar-refractivity contribution in [2.45, 2.75) is 19.8 Å². The molecule has 0 fully saturated rings. The number of nitrogens with zero attached hydrogens (tertiary/aromatic N) is 1. The summed E-state index contributed by atoms with van der Waals surface area (Å²) < 4.78 is 0. The van der Waals surface area contributed by atoms with Crippen molar-refractivity contribution < 1.29 is 14.7 Å². The Morgan fingerprint density at radius 2 is 2.21 bits per heavy atom. The van der Waals surface area contributed by atoms with Gasteiger partial charge in [0.05, 0.1) is 11.0 Å². The van der Waals surface area contributed by atoms with Gasteiger partial charge in [-0.2, -0.15) is 0 Å². The summed E-state index contributed by atoms with van der Waals surface area (Å²) >= 11 is 0. The van der Waals surface area contributed by atoms with Crippen LogP contribution in [0.4, 0.5) is 0 Å². The first-order valence-corrected chi connectivity index (χ1v) is 5.99. The molecule has 100 valence electrons. The third-order valence-corrected chi connectivity index (χ3v) is 2.79. The summed E-state index contributed by atoms with van der Waals surface area (Å²) in [5.74, 6) is -0.609. The number of carbonyl (C=O) groups excluding carboxylic acids is 1. The fourth-order valence-electron chi connectivity index (χ4n) is 1.84. The van der Waals surface area contributed by atoms with Gasteiger partial charge in [0.15, 0.2) is 0 Å². The minimum Gasteiger partial charge on any atom is -0.480 e. The number of H-pyrrole nitrogens is 1. The number of aromatic amines is 1. The summed E-state index contributed by atoms with van der Waals surface area (Å²) in [6.07, 6.45) is 0.672. The number of amides is 1. The molecule has 0 spiro atoms. The molecule has 0 radical (unpaired) electrons. The van der Waals surface area contributed by atoms with E-state index in [1.165, 1.54) is 0 Å². The Morgan fingerprint density at radius 1 is 1.42 bits per heavy atom. The van der Waals surface area contributed by atoms with E-state index in [0.717, 1.165) is 22.4 Å². The first kappa shape index (κ1) is 13.1. The predicted octanol–water partition coefficient (Wildman–Crippen LogP) is 1.00. The number of carbonyl (C=O) groups is 2. The number of aromatic nitrogens is 2. The molecule has 1 aromatic carbocycles. The Balaban J connectivity index is 1.96. The van der Waals surface area contributed by atoms with E-state index < -0.39 is 5.97 Å². The number of fused-ring (bicyclic) bond motifs is 1. The van der Waals surface area contributed by atoms with Gasteiger partial charge in [0.25, 0.3) is 0 Å². The van der Waals surface area contributed by atoms with Gasteiger partial charge in [-0.25, -0.2) is 4.98 Å². The number of imidazole rings is 1. The van der Waals surface area contributed by atoms with E-state index in [-0.39, 0.29) is 18.9 Å². The maximum Gasteiger partial charge on any atom is 0.322 e. The van der Waals surface area contributed by atoms with Gasteiger partial charge < -0.3 is 15.4 Å². The van der Waals surface area contributed by atoms with Gasteiger partial charge in [-0.3, -0.25) is 9.59 Å². The zero-order valence-corrected chi connectivity index (χ0v) is 10.6. The van der Waals surface area contributed by atoms with E-state index in [9.17, 15) is 9.59 Å². The van der Waals surface area contributed by atoms with Gasteiger partial charge in [0, 0.05) is 12.8 Å². The highest BCUT2D eigenvalue weighted by molar-refractivity contribution is 5.81. The second-order valence-corrected chi connectivity index (χ2v) is 4.33. The smallest absolute Gasteiger partial charge is 0.322 e. The number of rotatable bonds is 5. The molecule has 1 heterocycles. The molecule has 0 atom stereocenters. The van der Waals surface area contributed by atoms with Crippen molar-refractivity contribution in [2.75, 3.05) is 6.54 Å². The Morgan fingerprint density at radius 3 is 2.89 bits per heavy atom. The molecule has 1 amide bonds. The molecule has 3 N–H and O–H groups in total. The fraction of sp³-hybridized carbons (Fsp3) is 0.308. The number of carboxylic acid groups (broad SMARTS) is 1. The van der Waals surface area contributed by atoms with Crippen molar-refractivity contribution in [3.63, 3.8) is 0 Å². The average molecular weight is 261 g/mol. The predicted molar refractivity (Wildman–Crippen MR) is 69.8 cm³/mol. The highest BCUT2D eigenvalue weighted by Gasteiger charge is 2.08. The minimum absolute atomic E-state index is 0.214. The third-order valence-electron chi connectivity index (χ3n) is 2.79. The molecular weight excluding hydrogens is 246 g/mol. The molecule has 0 aliphatic carbocycles. The molecule has 0 aliphatic heterocycles. The van der Waals surface area contributed by atoms with Crippen LogP contribution in [0.25, 0.3) is 11.0 Å². The molecule has 19 heavy (non-hydrogen) atoms. The molecule has 0 bridgehead atoms. The van der Waals surface area contributed by atoms with Crippen molar-refractivity contribution in [3.8, 4) is 0 Å². The standard InChI is InChI=1S/C13H15N3O3/c1-8-3-2-4-9-13(8)16-10(15-9)5-6-11(17)14-7-12(18)19/h2-4H,5-7H2,1H3,(H,14,17)(H,15,16)(H,18,19). The number of para-hydroxylation sites is 1. The van der Waals surface area contributed by atoms with Crippen molar-refractivity contribution >= 4 is 22.9 Å². The summed E-state index contributed by atoms with van der Waals surface area (Å²) in [5, 5.41) is 10.8. The van der Waals surface area contributed by atoms with Gasteiger partial charge in [-0.15, -0.1) is 0 Å². The quantitative estimate of drug-likeness (QED) is 0.748. The number of hydrogen-bond donors (Lipinski definition) is 3. The minimum atomic E-state index is -1.05. The van der Waals surface area contributed by atoms with Gasteiger partial charge in [-0.05, 0) is 18.6 Å². The molecule has 1 aromatic heterocycles. The van der Waals surface area contributed by atoms with E-state index in [1.54, 1.807) is 0 Å². The molecule has 2 rings (SSSR count). The van der Waals surface area contributed by atoms with Crippen LogP contribution in [0, 0.1) is 6.92 Å². The lowest BCUT2D eigenvalue weighted by Gasteiger charge is -2.00. The van der Waals surface area contributed by atoms with Crippen molar-refractivity contribution in [1.82, 2.24) is 15.3 Å². The summed E-state index contributed by atoms with van der Waals surface area (Å²) in [5.41, 5.74) is 2.93. The fourth-order valence-corrected chi connectivity index (χ4v) is 1.84. The molecule has 0 unspecified atom stereocenters. The number of aryl methyl sites for hydroxylation is 2. The van der Waals surface area contributed by atoms with E-state index in [2.05, 4.69) is 15.3 Å². The summed E-state index contributed by atoms with van der Waals surface area (Å²) in [7, 11) is 0. The topological polar surface area (TPSA) is 95.1 Å². The lowest BCUT2D eigenvalue weighted by Crippen LogP contribution is -2.29. The third kappa shape index (κ3) is 3.31. The maximum absolute atomic E-state index is 11.4. The lowest BCUT2D eigenvalue weighted by atomic mass is 10.2. The van der Waals surface area contributed by atoms with Crippen LogP contribution in [0.3, 0.4) is 0 Å². The van der Waals surface area contributed by atoms with E-state index in [0.29, 0.717) is 6.42 Å². The van der Waals surface area contributed by atoms with Crippen LogP contribution in [0.1, 0.15) is 17.8 Å². The van der Waals surface area contributed by atoms with E-state index in [4.69, 9.17) is 5.11 Å². The number of hydrogen-bond acceptors (Lipinski definition) is 3. The lowest BCUT2D eigenvalue weighted by molar-refractivity contribution is -0.137.